The largest absolute Gasteiger partial charge is 0.456 e. The highest BCUT2D eigenvalue weighted by Gasteiger charge is 2.35. The first-order chi connectivity index (χ1) is 8.73. The third-order valence-electron chi connectivity index (χ3n) is 3.98. The topological polar surface area (TPSA) is 21.6 Å². The minimum Gasteiger partial charge on any atom is -0.456 e. The minimum absolute atomic E-state index is 1.02. The summed E-state index contributed by atoms with van der Waals surface area (Å²) >= 11 is 0. The molecule has 1 heterocycles. The molecule has 0 fully saturated rings. The first-order valence-corrected chi connectivity index (χ1v) is 8.26. The van der Waals surface area contributed by atoms with Gasteiger partial charge in [-0.05, 0) is 29.7 Å². The predicted molar refractivity (Wildman–Crippen MR) is 76.1 cm³/mol. The van der Waals surface area contributed by atoms with E-state index in [0.29, 0.717) is 0 Å². The lowest BCUT2D eigenvalue weighted by Gasteiger charge is -2.29. The van der Waals surface area contributed by atoms with Gasteiger partial charge in [-0.1, -0.05) is 24.3 Å². The van der Waals surface area contributed by atoms with Crippen molar-refractivity contribution >= 4 is 12.6 Å². The first-order valence-electron chi connectivity index (χ1n) is 6.15. The molecule has 3 heteroatoms. The summed E-state index contributed by atoms with van der Waals surface area (Å²) in [5, 5.41) is 1.31. The van der Waals surface area contributed by atoms with Crippen molar-refractivity contribution < 1.29 is 4.52 Å². The maximum absolute atomic E-state index is 6.25. The summed E-state index contributed by atoms with van der Waals surface area (Å²) in [6.45, 7) is 2.15. The lowest BCUT2D eigenvalue weighted by Crippen LogP contribution is -2.17. The number of nitrogens with zero attached hydrogens (tertiary/aromatic N) is 1. The predicted octanol–water partition coefficient (Wildman–Crippen LogP) is 3.65. The molecular weight excluding hydrogens is 241 g/mol. The van der Waals surface area contributed by atoms with Crippen LogP contribution in [0.2, 0.25) is 0 Å². The van der Waals surface area contributed by atoms with Gasteiger partial charge in [0.1, 0.15) is 5.75 Å². The van der Waals surface area contributed by atoms with E-state index in [-0.39, 0.29) is 0 Å². The Balaban J connectivity index is 2.20. The second kappa shape index (κ2) is 3.27. The summed E-state index contributed by atoms with van der Waals surface area (Å²) in [5.74, 6) is 1.02. The van der Waals surface area contributed by atoms with Crippen LogP contribution in [0.4, 0.5) is 0 Å². The highest BCUT2D eigenvalue weighted by atomic mass is 31.2. The van der Waals surface area contributed by atoms with Crippen molar-refractivity contribution in [2.45, 2.75) is 6.42 Å². The summed E-state index contributed by atoms with van der Waals surface area (Å²) < 4.78 is 10.8. The second-order valence-electron chi connectivity index (χ2n) is 4.95. The molecule has 2 aromatic carbocycles. The molecule has 1 unspecified atom stereocenters. The van der Waals surface area contributed by atoms with Crippen molar-refractivity contribution in [1.29, 1.82) is 0 Å². The molecule has 0 saturated heterocycles. The standard InChI is InChI=1S/C15H14NOP/c1-16-18(2)13-8-4-6-11-9-10-5-3-7-12(17-18)14(10)15(11)13/h3-8H,9H2,1-2H3. The third kappa shape index (κ3) is 1.12. The van der Waals surface area contributed by atoms with Gasteiger partial charge in [-0.25, -0.2) is 0 Å². The van der Waals surface area contributed by atoms with Crippen molar-refractivity contribution in [2.75, 3.05) is 13.7 Å². The molecule has 0 bridgehead atoms. The molecule has 18 heavy (non-hydrogen) atoms. The fourth-order valence-corrected chi connectivity index (χ4v) is 5.01. The van der Waals surface area contributed by atoms with Gasteiger partial charge in [-0.3, -0.25) is 4.74 Å². The van der Waals surface area contributed by atoms with Gasteiger partial charge in [0.15, 0.2) is 7.28 Å². The molecule has 2 nitrogen and oxygen atoms in total. The Kier molecular flexibility index (Phi) is 1.89. The number of hydrogen-bond acceptors (Lipinski definition) is 2. The molecular formula is C15H14NOP. The van der Waals surface area contributed by atoms with E-state index in [2.05, 4.69) is 47.8 Å². The van der Waals surface area contributed by atoms with Gasteiger partial charge in [-0.15, -0.1) is 0 Å². The lowest BCUT2D eigenvalue weighted by atomic mass is 10.0. The third-order valence-corrected chi connectivity index (χ3v) is 6.56. The summed E-state index contributed by atoms with van der Waals surface area (Å²) in [6, 6.07) is 12.9. The van der Waals surface area contributed by atoms with Crippen molar-refractivity contribution in [3.05, 3.63) is 47.5 Å². The zero-order chi connectivity index (χ0) is 12.3. The highest BCUT2D eigenvalue weighted by molar-refractivity contribution is 7.69. The number of benzene rings is 2. The Labute approximate surface area is 107 Å². The molecule has 1 atom stereocenters. The summed E-state index contributed by atoms with van der Waals surface area (Å²) in [5.41, 5.74) is 5.52. The SMILES string of the molecule is CN=P1(C)Oc2cccc3c2-c2c(cccc21)C3. The summed E-state index contributed by atoms with van der Waals surface area (Å²) in [6.07, 6.45) is 1.03. The van der Waals surface area contributed by atoms with Crippen LogP contribution in [0, 0.1) is 0 Å². The number of hydrogen-bond donors (Lipinski definition) is 0. The van der Waals surface area contributed by atoms with Crippen LogP contribution in [0.3, 0.4) is 0 Å². The summed E-state index contributed by atoms with van der Waals surface area (Å²) in [4.78, 5) is 0. The molecule has 1 aliphatic heterocycles. The molecule has 0 N–H and O–H groups in total. The van der Waals surface area contributed by atoms with Gasteiger partial charge in [0.2, 0.25) is 0 Å². The molecule has 0 aromatic heterocycles. The second-order valence-corrected chi connectivity index (χ2v) is 7.77. The quantitative estimate of drug-likeness (QED) is 0.562. The van der Waals surface area contributed by atoms with Crippen molar-refractivity contribution in [1.82, 2.24) is 0 Å². The van der Waals surface area contributed by atoms with Crippen LogP contribution in [0.15, 0.2) is 41.1 Å². The maximum atomic E-state index is 6.25. The van der Waals surface area contributed by atoms with E-state index >= 15 is 0 Å². The van der Waals surface area contributed by atoms with E-state index in [1.54, 1.807) is 0 Å². The van der Waals surface area contributed by atoms with E-state index in [9.17, 15) is 0 Å². The van der Waals surface area contributed by atoms with E-state index in [0.717, 1.165) is 12.2 Å². The van der Waals surface area contributed by atoms with E-state index < -0.39 is 7.28 Å². The van der Waals surface area contributed by atoms with Crippen LogP contribution in [-0.2, 0) is 6.42 Å². The molecule has 0 saturated carbocycles. The van der Waals surface area contributed by atoms with Crippen LogP contribution < -0.4 is 9.83 Å². The van der Waals surface area contributed by atoms with Crippen LogP contribution >= 0.6 is 7.28 Å². The molecule has 2 aromatic rings. The smallest absolute Gasteiger partial charge is 0.160 e. The zero-order valence-corrected chi connectivity index (χ0v) is 11.4. The maximum Gasteiger partial charge on any atom is 0.160 e. The summed E-state index contributed by atoms with van der Waals surface area (Å²) in [7, 11) is 0.0367. The van der Waals surface area contributed by atoms with Crippen LogP contribution in [0.1, 0.15) is 11.1 Å². The van der Waals surface area contributed by atoms with Gasteiger partial charge >= 0.3 is 0 Å². The van der Waals surface area contributed by atoms with Gasteiger partial charge in [-0.2, -0.15) is 0 Å². The van der Waals surface area contributed by atoms with Crippen molar-refractivity contribution in [3.63, 3.8) is 0 Å². The zero-order valence-electron chi connectivity index (χ0n) is 10.5. The van der Waals surface area contributed by atoms with Crippen LogP contribution in [0.5, 0.6) is 5.75 Å². The van der Waals surface area contributed by atoms with Crippen LogP contribution in [0.25, 0.3) is 11.1 Å². The molecule has 90 valence electrons. The van der Waals surface area contributed by atoms with Crippen LogP contribution in [-0.4, -0.2) is 13.7 Å². The van der Waals surface area contributed by atoms with Gasteiger partial charge in [0, 0.05) is 30.1 Å². The van der Waals surface area contributed by atoms with Crippen molar-refractivity contribution in [3.8, 4) is 16.9 Å². The molecule has 0 amide bonds. The molecule has 0 spiro atoms. The van der Waals surface area contributed by atoms with Gasteiger partial charge in [0.05, 0.1) is 0 Å². The Hall–Kier alpha value is -1.53. The fraction of sp³-hybridized carbons (Fsp3) is 0.200. The van der Waals surface area contributed by atoms with E-state index in [4.69, 9.17) is 4.52 Å². The average molecular weight is 255 g/mol. The fourth-order valence-electron chi connectivity index (χ4n) is 3.05. The normalized spacial score (nSPS) is 22.3. The number of rotatable bonds is 0. The first kappa shape index (κ1) is 10.4. The van der Waals surface area contributed by atoms with E-state index in [1.807, 2.05) is 7.05 Å². The Morgan fingerprint density at radius 1 is 1.06 bits per heavy atom. The Morgan fingerprint density at radius 3 is 2.56 bits per heavy atom. The molecule has 4 rings (SSSR count). The van der Waals surface area contributed by atoms with Crippen molar-refractivity contribution in [2.24, 2.45) is 4.74 Å². The Bertz CT molecular complexity index is 733. The Morgan fingerprint density at radius 2 is 1.78 bits per heavy atom. The van der Waals surface area contributed by atoms with Gasteiger partial charge in [0.25, 0.3) is 0 Å². The molecule has 1 aliphatic carbocycles. The van der Waals surface area contributed by atoms with Gasteiger partial charge < -0.3 is 4.52 Å². The minimum atomic E-state index is -1.84. The molecule has 0 radical (unpaired) electrons. The highest BCUT2D eigenvalue weighted by Crippen LogP contribution is 2.57. The van der Waals surface area contributed by atoms with E-state index in [1.165, 1.54) is 27.6 Å². The lowest BCUT2D eigenvalue weighted by molar-refractivity contribution is 0.615. The average Bonchev–Trinajstić information content (AvgIpc) is 2.77. The molecule has 2 aliphatic rings. The monoisotopic (exact) mass is 255 g/mol.